The molecule has 5 atom stereocenters. The highest BCUT2D eigenvalue weighted by Gasteiger charge is 2.64. The van der Waals surface area contributed by atoms with Gasteiger partial charge in [-0.25, -0.2) is 9.59 Å². The summed E-state index contributed by atoms with van der Waals surface area (Å²) in [7, 11) is 0. The zero-order valence-electron chi connectivity index (χ0n) is 11.5. The molecule has 3 fully saturated rings. The number of esters is 2. The van der Waals surface area contributed by atoms with E-state index in [2.05, 4.69) is 0 Å². The van der Waals surface area contributed by atoms with Gasteiger partial charge in [0.2, 0.25) is 6.10 Å². The van der Waals surface area contributed by atoms with Crippen LogP contribution in [0.2, 0.25) is 0 Å². The van der Waals surface area contributed by atoms with Gasteiger partial charge < -0.3 is 23.7 Å². The Labute approximate surface area is 148 Å². The predicted octanol–water partition coefficient (Wildman–Crippen LogP) is 1.29. The lowest BCUT2D eigenvalue weighted by Gasteiger charge is -2.22. The van der Waals surface area contributed by atoms with Crippen LogP contribution in [0.15, 0.2) is 0 Å². The van der Waals surface area contributed by atoms with E-state index in [1.54, 1.807) is 20.8 Å². The van der Waals surface area contributed by atoms with Gasteiger partial charge in [0.05, 0.1) is 0 Å². The average molecular weight is 524 g/mol. The second-order valence-corrected chi connectivity index (χ2v) is 12.1. The molecule has 0 radical (unpaired) electrons. The minimum absolute atomic E-state index is 0.497. The van der Waals surface area contributed by atoms with Gasteiger partial charge in [0.25, 0.3) is 0 Å². The molecule has 0 spiro atoms. The zero-order chi connectivity index (χ0) is 15.6. The molecule has 0 aromatic heterocycles. The second-order valence-electron chi connectivity index (χ2n) is 5.69. The number of ether oxygens (including phenoxy) is 5. The maximum Gasteiger partial charge on any atom is 0.350 e. The standard InChI is InChI=1S/C12H14I2O7/c1-11(2)20-7-5-4(18-9(7)21-11)6(8(15)17-5)19-10(16)12(3,13)14/h4-7,9H,1-3H3. The quantitative estimate of drug-likeness (QED) is 0.306. The Bertz CT molecular complexity index is 486. The number of hydrogen-bond acceptors (Lipinski definition) is 7. The van der Waals surface area contributed by atoms with E-state index in [0.29, 0.717) is 0 Å². The van der Waals surface area contributed by atoms with Crippen LogP contribution in [0.25, 0.3) is 0 Å². The second kappa shape index (κ2) is 5.14. The van der Waals surface area contributed by atoms with Crippen LogP contribution >= 0.6 is 45.2 Å². The van der Waals surface area contributed by atoms with Crippen LogP contribution in [-0.4, -0.2) is 49.9 Å². The van der Waals surface area contributed by atoms with Gasteiger partial charge in [0.15, 0.2) is 25.7 Å². The van der Waals surface area contributed by atoms with Crippen LogP contribution in [0.4, 0.5) is 0 Å². The van der Waals surface area contributed by atoms with Crippen molar-refractivity contribution >= 4 is 57.1 Å². The molecule has 9 heteroatoms. The van der Waals surface area contributed by atoms with Gasteiger partial charge in [0, 0.05) is 0 Å². The highest BCUT2D eigenvalue weighted by atomic mass is 127. The molecular weight excluding hydrogens is 510 g/mol. The Kier molecular flexibility index (Phi) is 3.96. The van der Waals surface area contributed by atoms with Crippen LogP contribution < -0.4 is 0 Å². The Balaban J connectivity index is 1.73. The number of halogens is 2. The van der Waals surface area contributed by atoms with Gasteiger partial charge in [-0.2, -0.15) is 0 Å². The lowest BCUT2D eigenvalue weighted by atomic mass is 10.1. The molecule has 0 aromatic carbocycles. The Hall–Kier alpha value is 0.280. The van der Waals surface area contributed by atoms with E-state index < -0.39 is 49.9 Å². The largest absolute Gasteiger partial charge is 0.454 e. The van der Waals surface area contributed by atoms with E-state index in [4.69, 9.17) is 23.7 Å². The Morgan fingerprint density at radius 3 is 2.52 bits per heavy atom. The molecule has 0 amide bonds. The lowest BCUT2D eigenvalue weighted by Crippen LogP contribution is -2.40. The summed E-state index contributed by atoms with van der Waals surface area (Å²) < 4.78 is 26.7. The smallest absolute Gasteiger partial charge is 0.350 e. The maximum absolute atomic E-state index is 11.9. The third-order valence-electron chi connectivity index (χ3n) is 3.40. The van der Waals surface area contributed by atoms with Crippen LogP contribution in [0, 0.1) is 0 Å². The Morgan fingerprint density at radius 1 is 1.24 bits per heavy atom. The maximum atomic E-state index is 11.9. The molecule has 3 saturated heterocycles. The van der Waals surface area contributed by atoms with E-state index in [-0.39, 0.29) is 0 Å². The first-order valence-electron chi connectivity index (χ1n) is 6.39. The minimum Gasteiger partial charge on any atom is -0.454 e. The molecule has 3 aliphatic heterocycles. The molecule has 3 heterocycles. The molecule has 0 saturated carbocycles. The summed E-state index contributed by atoms with van der Waals surface area (Å²) in [6, 6.07) is 0. The number of fused-ring (bicyclic) bond motifs is 3. The average Bonchev–Trinajstić information content (AvgIpc) is 2.87. The van der Waals surface area contributed by atoms with Gasteiger partial charge in [0.1, 0.15) is 6.10 Å². The van der Waals surface area contributed by atoms with Gasteiger partial charge in [-0.3, -0.25) is 0 Å². The lowest BCUT2D eigenvalue weighted by molar-refractivity contribution is -0.216. The first-order valence-corrected chi connectivity index (χ1v) is 8.55. The Morgan fingerprint density at radius 2 is 1.90 bits per heavy atom. The van der Waals surface area contributed by atoms with Crippen molar-refractivity contribution in [1.82, 2.24) is 0 Å². The van der Waals surface area contributed by atoms with Crippen LogP contribution in [-0.2, 0) is 33.3 Å². The van der Waals surface area contributed by atoms with E-state index in [1.807, 2.05) is 45.2 Å². The van der Waals surface area contributed by atoms with Gasteiger partial charge in [-0.15, -0.1) is 0 Å². The van der Waals surface area contributed by atoms with Crippen molar-refractivity contribution in [2.45, 2.75) is 58.7 Å². The summed E-state index contributed by atoms with van der Waals surface area (Å²) in [5.41, 5.74) is 0. The van der Waals surface area contributed by atoms with E-state index in [0.717, 1.165) is 0 Å². The SMILES string of the molecule is CC1(C)OC2OC3C(OC(=O)C(C)(I)I)C(=O)OC3C2O1. The number of rotatable bonds is 2. The fourth-order valence-corrected chi connectivity index (χ4v) is 2.81. The van der Waals surface area contributed by atoms with Gasteiger partial charge in [-0.1, -0.05) is 45.2 Å². The summed E-state index contributed by atoms with van der Waals surface area (Å²) >= 11 is 3.87. The number of carbonyl (C=O) groups excluding carboxylic acids is 2. The van der Waals surface area contributed by atoms with Crippen LogP contribution in [0.3, 0.4) is 0 Å². The van der Waals surface area contributed by atoms with Crippen molar-refractivity contribution in [2.24, 2.45) is 0 Å². The first kappa shape index (κ1) is 16.1. The summed E-state index contributed by atoms with van der Waals surface area (Å²) in [4.78, 5) is 23.9. The monoisotopic (exact) mass is 524 g/mol. The summed E-state index contributed by atoms with van der Waals surface area (Å²) in [5, 5.41) is 0. The molecule has 21 heavy (non-hydrogen) atoms. The summed E-state index contributed by atoms with van der Waals surface area (Å²) in [6.45, 7) is 5.21. The van der Waals surface area contributed by atoms with E-state index >= 15 is 0 Å². The topological polar surface area (TPSA) is 80.3 Å². The third kappa shape index (κ3) is 2.91. The van der Waals surface area contributed by atoms with E-state index in [9.17, 15) is 9.59 Å². The molecular formula is C12H14I2O7. The highest BCUT2D eigenvalue weighted by molar-refractivity contribution is 14.2. The highest BCUT2D eigenvalue weighted by Crippen LogP contribution is 2.43. The van der Waals surface area contributed by atoms with Crippen molar-refractivity contribution < 1.29 is 33.3 Å². The molecule has 3 rings (SSSR count). The predicted molar refractivity (Wildman–Crippen MR) is 84.9 cm³/mol. The summed E-state index contributed by atoms with van der Waals surface area (Å²) in [6.07, 6.45) is -3.50. The fourth-order valence-electron chi connectivity index (χ4n) is 2.55. The normalized spacial score (nSPS) is 40.6. The van der Waals surface area contributed by atoms with Crippen molar-refractivity contribution in [2.75, 3.05) is 0 Å². The van der Waals surface area contributed by atoms with Crippen LogP contribution in [0.5, 0.6) is 0 Å². The van der Waals surface area contributed by atoms with Crippen molar-refractivity contribution in [1.29, 1.82) is 0 Å². The van der Waals surface area contributed by atoms with Crippen molar-refractivity contribution in [3.8, 4) is 0 Å². The molecule has 0 aliphatic carbocycles. The first-order chi connectivity index (χ1) is 9.58. The van der Waals surface area contributed by atoms with Crippen molar-refractivity contribution in [3.05, 3.63) is 0 Å². The van der Waals surface area contributed by atoms with Crippen LogP contribution in [0.1, 0.15) is 20.8 Å². The molecule has 5 unspecified atom stereocenters. The number of carbonyl (C=O) groups is 2. The molecule has 3 aliphatic rings. The van der Waals surface area contributed by atoms with Gasteiger partial charge in [-0.05, 0) is 20.8 Å². The minimum atomic E-state index is -1.08. The number of hydrogen-bond donors (Lipinski definition) is 0. The molecule has 118 valence electrons. The molecule has 0 aromatic rings. The van der Waals surface area contributed by atoms with Crippen molar-refractivity contribution in [3.63, 3.8) is 0 Å². The molecule has 7 nitrogen and oxygen atoms in total. The number of alkyl halides is 2. The zero-order valence-corrected chi connectivity index (χ0v) is 15.8. The van der Waals surface area contributed by atoms with E-state index in [1.165, 1.54) is 0 Å². The summed E-state index contributed by atoms with van der Waals surface area (Å²) in [5.74, 6) is -1.90. The molecule has 0 bridgehead atoms. The molecule has 0 N–H and O–H groups in total. The third-order valence-corrected chi connectivity index (χ3v) is 4.28. The fraction of sp³-hybridized carbons (Fsp3) is 0.833. The van der Waals surface area contributed by atoms with Gasteiger partial charge >= 0.3 is 11.9 Å².